The molecule has 3 fully saturated rings. The number of oxime groups is 1. The molecule has 0 radical (unpaired) electrons. The van der Waals surface area contributed by atoms with Crippen LogP contribution in [0.3, 0.4) is 0 Å². The van der Waals surface area contributed by atoms with E-state index in [4.69, 9.17) is 4.84 Å². The molecular weight excluding hydrogens is 535 g/mol. The highest BCUT2D eigenvalue weighted by molar-refractivity contribution is 5.91. The monoisotopic (exact) mass is 583 g/mol. The van der Waals surface area contributed by atoms with Gasteiger partial charge >= 0.3 is 12.5 Å². The number of carbonyl (C=O) groups excluding carboxylic acids is 2. The predicted molar refractivity (Wildman–Crippen MR) is 151 cm³/mol. The molecule has 4 aliphatic carbocycles. The second-order valence-electron chi connectivity index (χ2n) is 14.2. The molecule has 0 aliphatic heterocycles. The van der Waals surface area contributed by atoms with Crippen LogP contribution in [-0.2, 0) is 14.4 Å². The molecule has 1 amide bonds. The van der Waals surface area contributed by atoms with Crippen LogP contribution in [0.15, 0.2) is 16.8 Å². The number of nitrogens with zero attached hydrogens (tertiary/aromatic N) is 2. The zero-order valence-corrected chi connectivity index (χ0v) is 25.5. The summed E-state index contributed by atoms with van der Waals surface area (Å²) in [5, 5.41) is 7.50. The smallest absolute Gasteiger partial charge is 0.310 e. The lowest BCUT2D eigenvalue weighted by Crippen LogP contribution is -2.51. The SMILES string of the molecule is C/C(=N\OC(=O)N(CCNC(C)(C)C)CCOC(F)(F)F)[C@H]1CC[C@H]2[C@@H]3CCC4=CC(=O)CC[C@]4(C)[C@H]3CC[C@]12C. The van der Waals surface area contributed by atoms with Gasteiger partial charge in [0.15, 0.2) is 5.78 Å². The summed E-state index contributed by atoms with van der Waals surface area (Å²) in [5.41, 5.74) is 2.10. The van der Waals surface area contributed by atoms with Crippen molar-refractivity contribution >= 4 is 17.6 Å². The molecule has 0 aromatic rings. The summed E-state index contributed by atoms with van der Waals surface area (Å²) in [6, 6.07) is 0. The van der Waals surface area contributed by atoms with E-state index in [0.29, 0.717) is 30.7 Å². The molecule has 0 unspecified atom stereocenters. The summed E-state index contributed by atoms with van der Waals surface area (Å²) >= 11 is 0. The number of nitrogens with one attached hydrogen (secondary N) is 1. The van der Waals surface area contributed by atoms with E-state index in [2.05, 4.69) is 29.1 Å². The number of allylic oxidation sites excluding steroid dienone is 1. The molecule has 0 aromatic heterocycles. The Hall–Kier alpha value is -1.94. The van der Waals surface area contributed by atoms with Crippen LogP contribution in [0, 0.1) is 34.5 Å². The first-order chi connectivity index (χ1) is 19.0. The Morgan fingerprint density at radius 3 is 2.49 bits per heavy atom. The molecule has 1 N–H and O–H groups in total. The molecule has 0 spiro atoms. The molecule has 4 aliphatic rings. The summed E-state index contributed by atoms with van der Waals surface area (Å²) in [5.74, 6) is 2.22. The van der Waals surface area contributed by atoms with Crippen molar-refractivity contribution in [3.8, 4) is 0 Å². The van der Waals surface area contributed by atoms with Gasteiger partial charge in [0.25, 0.3) is 0 Å². The minimum atomic E-state index is -4.76. The third-order valence-electron chi connectivity index (χ3n) is 10.7. The molecule has 0 bridgehead atoms. The Morgan fingerprint density at radius 2 is 1.80 bits per heavy atom. The number of rotatable bonds is 8. The maximum Gasteiger partial charge on any atom is 0.522 e. The van der Waals surface area contributed by atoms with E-state index >= 15 is 0 Å². The van der Waals surface area contributed by atoms with Crippen LogP contribution in [0.4, 0.5) is 18.0 Å². The third kappa shape index (κ3) is 7.17. The first-order valence-corrected chi connectivity index (χ1v) is 15.2. The standard InChI is InChI=1S/C31H48F3N3O4/c1-20(36-41-27(39)37(16-15-35-28(2,3)4)17-18-40-31(32,33)34)24-9-10-25-23-8-7-21-19-22(38)11-13-29(21,5)26(23)12-14-30(24,25)6/h19,23-26,35H,7-18H2,1-6H3/b36-20+/t23-,24+,25-,26-,29-,30+/m0/s1. The van der Waals surface area contributed by atoms with E-state index in [1.54, 1.807) is 0 Å². The Balaban J connectivity index is 1.41. The van der Waals surface area contributed by atoms with E-state index in [9.17, 15) is 22.8 Å². The topological polar surface area (TPSA) is 80.2 Å². The number of hydrogen-bond acceptors (Lipinski definition) is 6. The Labute approximate surface area is 242 Å². The number of ether oxygens (including phenoxy) is 1. The lowest BCUT2D eigenvalue weighted by molar-refractivity contribution is -0.324. The van der Waals surface area contributed by atoms with Gasteiger partial charge in [-0.2, -0.15) is 0 Å². The maximum absolute atomic E-state index is 12.9. The fourth-order valence-corrected chi connectivity index (χ4v) is 8.61. The average Bonchev–Trinajstić information content (AvgIpc) is 3.22. The normalized spacial score (nSPS) is 33.9. The second-order valence-corrected chi connectivity index (χ2v) is 14.2. The molecule has 0 aromatic carbocycles. The van der Waals surface area contributed by atoms with Gasteiger partial charge in [0.1, 0.15) is 0 Å². The van der Waals surface area contributed by atoms with E-state index < -0.39 is 19.1 Å². The van der Waals surface area contributed by atoms with Crippen molar-refractivity contribution < 1.29 is 32.3 Å². The zero-order valence-electron chi connectivity index (χ0n) is 25.5. The Bertz CT molecular complexity index is 1030. The lowest BCUT2D eigenvalue weighted by atomic mass is 9.46. The zero-order chi connectivity index (χ0) is 30.2. The van der Waals surface area contributed by atoms with Crippen LogP contribution in [-0.4, -0.2) is 60.6 Å². The van der Waals surface area contributed by atoms with Crippen molar-refractivity contribution in [2.45, 2.75) is 105 Å². The van der Waals surface area contributed by atoms with Crippen LogP contribution in [0.1, 0.15) is 92.9 Å². The number of carbonyl (C=O) groups is 2. The van der Waals surface area contributed by atoms with Crippen molar-refractivity contribution in [3.63, 3.8) is 0 Å². The Kier molecular flexibility index (Phi) is 9.34. The molecule has 0 saturated heterocycles. The van der Waals surface area contributed by atoms with Gasteiger partial charge in [0.2, 0.25) is 0 Å². The minimum absolute atomic E-state index is 0.0556. The van der Waals surface area contributed by atoms with Crippen molar-refractivity contribution in [1.29, 1.82) is 0 Å². The summed E-state index contributed by atoms with van der Waals surface area (Å²) in [7, 11) is 0. The van der Waals surface area contributed by atoms with Gasteiger partial charge < -0.3 is 10.2 Å². The predicted octanol–water partition coefficient (Wildman–Crippen LogP) is 6.87. The lowest BCUT2D eigenvalue weighted by Gasteiger charge is -2.58. The van der Waals surface area contributed by atoms with Crippen LogP contribution < -0.4 is 5.32 Å². The summed E-state index contributed by atoms with van der Waals surface area (Å²) < 4.78 is 41.5. The van der Waals surface area contributed by atoms with Gasteiger partial charge in [-0.15, -0.1) is 13.2 Å². The largest absolute Gasteiger partial charge is 0.522 e. The van der Waals surface area contributed by atoms with Gasteiger partial charge in [0, 0.05) is 37.5 Å². The average molecular weight is 584 g/mol. The molecule has 10 heteroatoms. The van der Waals surface area contributed by atoms with Crippen LogP contribution in [0.25, 0.3) is 0 Å². The van der Waals surface area contributed by atoms with Crippen LogP contribution >= 0.6 is 0 Å². The molecular formula is C31H48F3N3O4. The van der Waals surface area contributed by atoms with Crippen LogP contribution in [0.5, 0.6) is 0 Å². The third-order valence-corrected chi connectivity index (χ3v) is 10.7. The molecule has 0 heterocycles. The second kappa shape index (κ2) is 12.0. The fourth-order valence-electron chi connectivity index (χ4n) is 8.61. The first kappa shape index (κ1) is 32.0. The first-order valence-electron chi connectivity index (χ1n) is 15.2. The van der Waals surface area contributed by atoms with Crippen molar-refractivity contribution in [2.75, 3.05) is 26.2 Å². The maximum atomic E-state index is 12.9. The summed E-state index contributed by atoms with van der Waals surface area (Å²) in [6.45, 7) is 12.2. The highest BCUT2D eigenvalue weighted by Crippen LogP contribution is 2.66. The number of amides is 1. The van der Waals surface area contributed by atoms with Crippen LogP contribution in [0.2, 0.25) is 0 Å². The summed E-state index contributed by atoms with van der Waals surface area (Å²) in [6.07, 6.45) is 4.41. The number of hydrogen-bond donors (Lipinski definition) is 1. The molecule has 4 rings (SSSR count). The summed E-state index contributed by atoms with van der Waals surface area (Å²) in [4.78, 5) is 31.6. The van der Waals surface area contributed by atoms with E-state index in [1.165, 1.54) is 10.5 Å². The van der Waals surface area contributed by atoms with Gasteiger partial charge in [-0.25, -0.2) is 4.79 Å². The minimum Gasteiger partial charge on any atom is -0.310 e. The molecule has 7 nitrogen and oxygen atoms in total. The number of alkyl halides is 3. The van der Waals surface area contributed by atoms with Crippen molar-refractivity contribution in [3.05, 3.63) is 11.6 Å². The molecule has 232 valence electrons. The number of ketones is 1. The van der Waals surface area contributed by atoms with Gasteiger partial charge in [-0.05, 0) is 107 Å². The van der Waals surface area contributed by atoms with E-state index in [-0.39, 0.29) is 41.2 Å². The molecule has 6 atom stereocenters. The van der Waals surface area contributed by atoms with Gasteiger partial charge in [0.05, 0.1) is 12.3 Å². The Morgan fingerprint density at radius 1 is 1.07 bits per heavy atom. The molecule has 41 heavy (non-hydrogen) atoms. The molecule has 3 saturated carbocycles. The van der Waals surface area contributed by atoms with Crippen molar-refractivity contribution in [1.82, 2.24) is 10.2 Å². The highest BCUT2D eigenvalue weighted by atomic mass is 19.4. The highest BCUT2D eigenvalue weighted by Gasteiger charge is 2.59. The fraction of sp³-hybridized carbons (Fsp3) is 0.839. The van der Waals surface area contributed by atoms with E-state index in [1.807, 2.05) is 33.8 Å². The number of halogens is 3. The van der Waals surface area contributed by atoms with Crippen molar-refractivity contribution in [2.24, 2.45) is 39.7 Å². The van der Waals surface area contributed by atoms with E-state index in [0.717, 1.165) is 50.7 Å². The number of fused-ring (bicyclic) bond motifs is 5. The van der Waals surface area contributed by atoms with Gasteiger partial charge in [-0.3, -0.25) is 14.4 Å². The van der Waals surface area contributed by atoms with Gasteiger partial charge in [-0.1, -0.05) is 24.6 Å². The quantitative estimate of drug-likeness (QED) is 0.192.